The van der Waals surface area contributed by atoms with Gasteiger partial charge in [0.1, 0.15) is 0 Å². The Kier molecular flexibility index (Phi) is 6.11. The Bertz CT molecular complexity index is 908. The zero-order valence-electron chi connectivity index (χ0n) is 12.9. The second kappa shape index (κ2) is 8.28. The number of nitro benzene ring substituents is 1. The smallest absolute Gasteiger partial charge is 0.270 e. The summed E-state index contributed by atoms with van der Waals surface area (Å²) in [6.45, 7) is 0. The van der Waals surface area contributed by atoms with Gasteiger partial charge in [0.15, 0.2) is 17.1 Å². The predicted octanol–water partition coefficient (Wildman–Crippen LogP) is 3.90. The van der Waals surface area contributed by atoms with Gasteiger partial charge < -0.3 is 0 Å². The Morgan fingerprint density at radius 2 is 2.04 bits per heavy atom. The Morgan fingerprint density at radius 3 is 2.64 bits per heavy atom. The molecule has 0 aliphatic carbocycles. The number of amidine groups is 1. The summed E-state index contributed by atoms with van der Waals surface area (Å²) in [6, 6.07) is 10.1. The molecule has 0 bridgehead atoms. The van der Waals surface area contributed by atoms with E-state index >= 15 is 0 Å². The van der Waals surface area contributed by atoms with E-state index < -0.39 is 10.7 Å². The molecule has 0 saturated carbocycles. The van der Waals surface area contributed by atoms with E-state index in [1.807, 2.05) is 0 Å². The number of thioether (sulfide) groups is 1. The molecule has 0 radical (unpaired) electrons. The Morgan fingerprint density at radius 1 is 1.32 bits per heavy atom. The van der Waals surface area contributed by atoms with Crippen molar-refractivity contribution in [3.63, 3.8) is 0 Å². The highest BCUT2D eigenvalue weighted by Gasteiger charge is 2.20. The first kappa shape index (κ1) is 18.4. The van der Waals surface area contributed by atoms with E-state index in [-0.39, 0.29) is 32.7 Å². The molecule has 0 atom stereocenters. The lowest BCUT2D eigenvalue weighted by Gasteiger charge is -2.08. The van der Waals surface area contributed by atoms with E-state index in [4.69, 9.17) is 16.9 Å². The van der Waals surface area contributed by atoms with Crippen molar-refractivity contribution in [3.05, 3.63) is 68.7 Å². The van der Waals surface area contributed by atoms with Gasteiger partial charge in [-0.25, -0.2) is 4.99 Å². The molecular formula is C16H11ClN4O3S. The lowest BCUT2D eigenvalue weighted by molar-refractivity contribution is -0.384. The normalized spacial score (nSPS) is 10.8. The molecule has 7 nitrogen and oxygen atoms in total. The van der Waals surface area contributed by atoms with Gasteiger partial charge in [0.2, 0.25) is 0 Å². The lowest BCUT2D eigenvalue weighted by Crippen LogP contribution is -2.13. The average Bonchev–Trinajstić information content (AvgIpc) is 2.61. The van der Waals surface area contributed by atoms with Crippen molar-refractivity contribution < 1.29 is 9.72 Å². The third kappa shape index (κ3) is 4.35. The van der Waals surface area contributed by atoms with Gasteiger partial charge in [-0.3, -0.25) is 20.2 Å². The first-order valence-electron chi connectivity index (χ1n) is 6.83. The first-order chi connectivity index (χ1) is 12.0. The number of hydrogen-bond acceptors (Lipinski definition) is 6. The maximum absolute atomic E-state index is 12.8. The van der Waals surface area contributed by atoms with Crippen LogP contribution in [0.15, 0.2) is 47.5 Å². The van der Waals surface area contributed by atoms with Crippen LogP contribution in [0.3, 0.4) is 0 Å². The Labute approximate surface area is 152 Å². The van der Waals surface area contributed by atoms with Crippen molar-refractivity contribution in [3.8, 4) is 6.19 Å². The topological polar surface area (TPSA) is 108 Å². The van der Waals surface area contributed by atoms with E-state index in [0.717, 1.165) is 17.8 Å². The molecule has 0 aromatic heterocycles. The summed E-state index contributed by atoms with van der Waals surface area (Å²) in [5, 5.41) is 22.6. The number of ketones is 1. The standard InChI is InChI=1S/C16H11ClN4O3S/c1-25-16(19-9-18)20-14-7-6-10(21(23)24)8-12(14)15(22)11-4-2-3-5-13(11)17/h2-8H,1H3,(H,19,20). The fraction of sp³-hybridized carbons (Fsp3) is 0.0625. The number of hydrogen-bond donors (Lipinski definition) is 1. The molecule has 2 rings (SSSR count). The minimum Gasteiger partial charge on any atom is -0.288 e. The number of nitro groups is 1. The summed E-state index contributed by atoms with van der Waals surface area (Å²) in [5.41, 5.74) is 0.185. The summed E-state index contributed by atoms with van der Waals surface area (Å²) in [5.74, 6) is -0.495. The quantitative estimate of drug-likeness (QED) is 0.165. The van der Waals surface area contributed by atoms with Crippen LogP contribution in [0.4, 0.5) is 11.4 Å². The van der Waals surface area contributed by atoms with Crippen LogP contribution >= 0.6 is 23.4 Å². The third-order valence-electron chi connectivity index (χ3n) is 3.13. The van der Waals surface area contributed by atoms with E-state index in [0.29, 0.717) is 0 Å². The minimum absolute atomic E-state index is 0.0218. The number of nitrogens with zero attached hydrogens (tertiary/aromatic N) is 3. The number of aliphatic imine (C=N–C) groups is 1. The molecule has 0 fully saturated rings. The van der Waals surface area contributed by atoms with E-state index in [9.17, 15) is 14.9 Å². The van der Waals surface area contributed by atoms with Gasteiger partial charge >= 0.3 is 0 Å². The highest BCUT2D eigenvalue weighted by atomic mass is 35.5. The highest BCUT2D eigenvalue weighted by Crippen LogP contribution is 2.29. The monoisotopic (exact) mass is 374 g/mol. The molecule has 0 heterocycles. The molecule has 0 aliphatic rings. The summed E-state index contributed by atoms with van der Waals surface area (Å²) in [7, 11) is 0. The van der Waals surface area contributed by atoms with Gasteiger partial charge in [-0.1, -0.05) is 35.5 Å². The van der Waals surface area contributed by atoms with Crippen molar-refractivity contribution in [2.24, 2.45) is 4.99 Å². The van der Waals surface area contributed by atoms with Crippen LogP contribution < -0.4 is 5.32 Å². The fourth-order valence-corrected chi connectivity index (χ4v) is 2.55. The van der Waals surface area contributed by atoms with Gasteiger partial charge in [-0.2, -0.15) is 5.26 Å². The van der Waals surface area contributed by atoms with Crippen LogP contribution in [0.5, 0.6) is 0 Å². The minimum atomic E-state index is -0.597. The molecule has 2 aromatic carbocycles. The Hall–Kier alpha value is -2.89. The predicted molar refractivity (Wildman–Crippen MR) is 97.3 cm³/mol. The molecule has 126 valence electrons. The highest BCUT2D eigenvalue weighted by molar-refractivity contribution is 8.13. The Balaban J connectivity index is 2.62. The van der Waals surface area contributed by atoms with Gasteiger partial charge in [0.05, 0.1) is 21.2 Å². The zero-order valence-corrected chi connectivity index (χ0v) is 14.5. The molecule has 0 spiro atoms. The van der Waals surface area contributed by atoms with Crippen molar-refractivity contribution in [2.45, 2.75) is 0 Å². The van der Waals surface area contributed by atoms with Crippen LogP contribution in [0.25, 0.3) is 0 Å². The van der Waals surface area contributed by atoms with Crippen LogP contribution in [-0.2, 0) is 0 Å². The number of nitrogens with one attached hydrogen (secondary N) is 1. The number of halogens is 1. The van der Waals surface area contributed by atoms with Crippen LogP contribution in [0, 0.1) is 21.6 Å². The van der Waals surface area contributed by atoms with Gasteiger partial charge in [0, 0.05) is 17.7 Å². The van der Waals surface area contributed by atoms with Crippen LogP contribution in [-0.4, -0.2) is 22.1 Å². The van der Waals surface area contributed by atoms with Crippen molar-refractivity contribution in [1.29, 1.82) is 5.26 Å². The van der Waals surface area contributed by atoms with E-state index in [1.165, 1.54) is 18.2 Å². The molecule has 0 unspecified atom stereocenters. The van der Waals surface area contributed by atoms with Crippen molar-refractivity contribution in [1.82, 2.24) is 5.32 Å². The maximum Gasteiger partial charge on any atom is 0.270 e. The number of carbonyl (C=O) groups excluding carboxylic acids is 1. The lowest BCUT2D eigenvalue weighted by atomic mass is 10.0. The SMILES string of the molecule is CSC(=Nc1ccc([N+](=O)[O-])cc1C(=O)c1ccccc1Cl)NC#N. The number of benzene rings is 2. The molecule has 25 heavy (non-hydrogen) atoms. The third-order valence-corrected chi connectivity index (χ3v) is 4.04. The summed E-state index contributed by atoms with van der Waals surface area (Å²) < 4.78 is 0. The molecule has 2 aromatic rings. The van der Waals surface area contributed by atoms with Crippen molar-refractivity contribution in [2.75, 3.05) is 6.26 Å². The largest absolute Gasteiger partial charge is 0.288 e. The molecule has 9 heteroatoms. The number of non-ortho nitro benzene ring substituents is 1. The molecule has 0 saturated heterocycles. The molecular weight excluding hydrogens is 364 g/mol. The second-order valence-corrected chi connectivity index (χ2v) is 5.83. The number of nitriles is 1. The summed E-state index contributed by atoms with van der Waals surface area (Å²) in [4.78, 5) is 27.5. The fourth-order valence-electron chi connectivity index (χ4n) is 1.99. The van der Waals surface area contributed by atoms with Gasteiger partial charge in [-0.05, 0) is 24.5 Å². The van der Waals surface area contributed by atoms with E-state index in [1.54, 1.807) is 30.6 Å². The van der Waals surface area contributed by atoms with Crippen LogP contribution in [0.2, 0.25) is 5.02 Å². The molecule has 1 N–H and O–H groups in total. The molecule has 0 aliphatic heterocycles. The summed E-state index contributed by atoms with van der Waals surface area (Å²) in [6.07, 6.45) is 3.44. The molecule has 0 amide bonds. The second-order valence-electron chi connectivity index (χ2n) is 4.63. The maximum atomic E-state index is 12.8. The number of carbonyl (C=O) groups is 1. The van der Waals surface area contributed by atoms with Gasteiger partial charge in [-0.15, -0.1) is 0 Å². The van der Waals surface area contributed by atoms with E-state index in [2.05, 4.69) is 10.3 Å². The first-order valence-corrected chi connectivity index (χ1v) is 8.43. The summed E-state index contributed by atoms with van der Waals surface area (Å²) >= 11 is 7.22. The number of rotatable bonds is 4. The zero-order chi connectivity index (χ0) is 18.4. The van der Waals surface area contributed by atoms with Crippen molar-refractivity contribution >= 4 is 45.7 Å². The average molecular weight is 375 g/mol. The van der Waals surface area contributed by atoms with Crippen LogP contribution in [0.1, 0.15) is 15.9 Å². The van der Waals surface area contributed by atoms with Gasteiger partial charge in [0.25, 0.3) is 5.69 Å².